The maximum Gasteiger partial charge on any atom is 0.273 e. The number of aromatic nitrogens is 4. The van der Waals surface area contributed by atoms with Crippen molar-refractivity contribution in [1.29, 1.82) is 0 Å². The lowest BCUT2D eigenvalue weighted by Gasteiger charge is -1.98. The lowest BCUT2D eigenvalue weighted by molar-refractivity contribution is 0.0942. The molecule has 0 aliphatic carbocycles. The third-order valence-corrected chi connectivity index (χ3v) is 2.20. The summed E-state index contributed by atoms with van der Waals surface area (Å²) < 4.78 is 6.75. The van der Waals surface area contributed by atoms with Crippen LogP contribution in [0.25, 0.3) is 0 Å². The Balaban J connectivity index is 1.90. The Morgan fingerprint density at radius 1 is 1.61 bits per heavy atom. The Morgan fingerprint density at radius 3 is 3.11 bits per heavy atom. The Bertz CT molecular complexity index is 532. The van der Waals surface area contributed by atoms with Gasteiger partial charge in [0.15, 0.2) is 5.69 Å². The Hall–Kier alpha value is -2.22. The summed E-state index contributed by atoms with van der Waals surface area (Å²) in [4.78, 5) is 15.7. The van der Waals surface area contributed by atoms with Gasteiger partial charge >= 0.3 is 0 Å². The molecule has 0 aliphatic rings. The molecule has 2 rings (SSSR count). The first-order valence-electron chi connectivity index (χ1n) is 5.48. The zero-order chi connectivity index (χ0) is 13.0. The van der Waals surface area contributed by atoms with E-state index in [4.69, 9.17) is 10.2 Å². The number of oxazole rings is 1. The van der Waals surface area contributed by atoms with Crippen LogP contribution in [0.1, 0.15) is 22.1 Å². The number of nitrogens with one attached hydrogen (secondary N) is 1. The van der Waals surface area contributed by atoms with E-state index in [1.165, 1.54) is 4.68 Å². The molecule has 0 bridgehead atoms. The van der Waals surface area contributed by atoms with Crippen LogP contribution in [0.15, 0.2) is 16.8 Å². The highest BCUT2D eigenvalue weighted by atomic mass is 16.4. The van der Waals surface area contributed by atoms with Crippen LogP contribution in [-0.4, -0.2) is 32.4 Å². The molecule has 0 aliphatic heterocycles. The minimum Gasteiger partial charge on any atom is -0.444 e. The second-order valence-corrected chi connectivity index (χ2v) is 3.70. The highest BCUT2D eigenvalue weighted by Gasteiger charge is 2.11. The number of hydrogen-bond donors (Lipinski definition) is 2. The van der Waals surface area contributed by atoms with Crippen LogP contribution in [0, 0.1) is 6.92 Å². The summed E-state index contributed by atoms with van der Waals surface area (Å²) in [6.45, 7) is 2.98. The van der Waals surface area contributed by atoms with Gasteiger partial charge in [0, 0.05) is 6.54 Å². The molecule has 2 aromatic rings. The van der Waals surface area contributed by atoms with Crippen molar-refractivity contribution in [2.75, 3.05) is 6.54 Å². The smallest absolute Gasteiger partial charge is 0.273 e. The quantitative estimate of drug-likeness (QED) is 0.737. The van der Waals surface area contributed by atoms with Gasteiger partial charge in [-0.3, -0.25) is 9.48 Å². The van der Waals surface area contributed by atoms with E-state index in [0.29, 0.717) is 24.7 Å². The van der Waals surface area contributed by atoms with Crippen LogP contribution in [0.4, 0.5) is 0 Å². The number of rotatable bonds is 5. The highest BCUT2D eigenvalue weighted by molar-refractivity contribution is 5.91. The minimum absolute atomic E-state index is 0.219. The number of nitrogens with zero attached hydrogens (tertiary/aromatic N) is 4. The summed E-state index contributed by atoms with van der Waals surface area (Å²) in [6, 6.07) is 0. The van der Waals surface area contributed by atoms with E-state index in [1.54, 1.807) is 19.3 Å². The van der Waals surface area contributed by atoms with Crippen molar-refractivity contribution in [3.8, 4) is 0 Å². The predicted octanol–water partition coefficient (Wildman–Crippen LogP) is -0.537. The van der Waals surface area contributed by atoms with Crippen LogP contribution in [-0.2, 0) is 13.1 Å². The molecule has 1 amide bonds. The molecule has 8 heteroatoms. The Labute approximate surface area is 103 Å². The molecule has 96 valence electrons. The molecule has 2 heterocycles. The molecule has 0 spiro atoms. The number of amides is 1. The standard InChI is InChI=1S/C10H14N6O2/c1-7-4-12-9(18-7)5-13-10(17)8-6-16(3-2-11)15-14-8/h4,6H,2-3,5,11H2,1H3,(H,13,17). The van der Waals surface area contributed by atoms with Gasteiger partial charge in [-0.15, -0.1) is 5.10 Å². The average Bonchev–Trinajstić information content (AvgIpc) is 2.96. The minimum atomic E-state index is -0.325. The van der Waals surface area contributed by atoms with Crippen molar-refractivity contribution in [2.24, 2.45) is 5.73 Å². The molecule has 0 radical (unpaired) electrons. The monoisotopic (exact) mass is 250 g/mol. The van der Waals surface area contributed by atoms with E-state index in [9.17, 15) is 4.79 Å². The normalized spacial score (nSPS) is 10.6. The first-order valence-corrected chi connectivity index (χ1v) is 5.48. The third kappa shape index (κ3) is 2.92. The molecule has 0 fully saturated rings. The Kier molecular flexibility index (Phi) is 3.68. The maximum absolute atomic E-state index is 11.7. The molecule has 0 aromatic carbocycles. The Morgan fingerprint density at radius 2 is 2.44 bits per heavy atom. The molecule has 0 atom stereocenters. The third-order valence-electron chi connectivity index (χ3n) is 2.20. The van der Waals surface area contributed by atoms with Crippen LogP contribution >= 0.6 is 0 Å². The first kappa shape index (κ1) is 12.2. The number of nitrogens with two attached hydrogens (primary N) is 1. The van der Waals surface area contributed by atoms with Gasteiger partial charge in [0.2, 0.25) is 5.89 Å². The summed E-state index contributed by atoms with van der Waals surface area (Å²) >= 11 is 0. The fraction of sp³-hybridized carbons (Fsp3) is 0.400. The van der Waals surface area contributed by atoms with E-state index in [1.807, 2.05) is 0 Å². The van der Waals surface area contributed by atoms with Gasteiger partial charge in [-0.05, 0) is 6.92 Å². The number of carbonyl (C=O) groups excluding carboxylic acids is 1. The molecule has 0 saturated heterocycles. The zero-order valence-electron chi connectivity index (χ0n) is 9.96. The van der Waals surface area contributed by atoms with Gasteiger partial charge in [-0.2, -0.15) is 0 Å². The topological polar surface area (TPSA) is 112 Å². The lowest BCUT2D eigenvalue weighted by Crippen LogP contribution is -2.23. The van der Waals surface area contributed by atoms with Crippen molar-refractivity contribution < 1.29 is 9.21 Å². The fourth-order valence-corrected chi connectivity index (χ4v) is 1.37. The second-order valence-electron chi connectivity index (χ2n) is 3.70. The highest BCUT2D eigenvalue weighted by Crippen LogP contribution is 2.01. The van der Waals surface area contributed by atoms with Gasteiger partial charge in [0.1, 0.15) is 5.76 Å². The van der Waals surface area contributed by atoms with Gasteiger partial charge < -0.3 is 15.5 Å². The average molecular weight is 250 g/mol. The fourth-order valence-electron chi connectivity index (χ4n) is 1.37. The van der Waals surface area contributed by atoms with Crippen molar-refractivity contribution >= 4 is 5.91 Å². The first-order chi connectivity index (χ1) is 8.69. The summed E-state index contributed by atoms with van der Waals surface area (Å²) in [5, 5.41) is 10.2. The zero-order valence-corrected chi connectivity index (χ0v) is 9.96. The van der Waals surface area contributed by atoms with E-state index >= 15 is 0 Å². The van der Waals surface area contributed by atoms with Crippen LogP contribution in [0.3, 0.4) is 0 Å². The van der Waals surface area contributed by atoms with Crippen LogP contribution in [0.5, 0.6) is 0 Å². The summed E-state index contributed by atoms with van der Waals surface area (Å²) in [6.07, 6.45) is 3.14. The van der Waals surface area contributed by atoms with Gasteiger partial charge in [-0.1, -0.05) is 5.21 Å². The molecular formula is C10H14N6O2. The molecule has 3 N–H and O–H groups in total. The molecule has 18 heavy (non-hydrogen) atoms. The molecule has 2 aromatic heterocycles. The number of hydrogen-bond acceptors (Lipinski definition) is 6. The number of carbonyl (C=O) groups is 1. The summed E-state index contributed by atoms with van der Waals surface area (Å²) in [7, 11) is 0. The molecule has 0 unspecified atom stereocenters. The van der Waals surface area contributed by atoms with Crippen molar-refractivity contribution in [3.05, 3.63) is 29.7 Å². The van der Waals surface area contributed by atoms with Gasteiger partial charge in [0.05, 0.1) is 25.5 Å². The molecular weight excluding hydrogens is 236 g/mol. The van der Waals surface area contributed by atoms with E-state index in [0.717, 1.165) is 0 Å². The molecule has 8 nitrogen and oxygen atoms in total. The summed E-state index contributed by atoms with van der Waals surface area (Å²) in [5.41, 5.74) is 5.62. The maximum atomic E-state index is 11.7. The SMILES string of the molecule is Cc1cnc(CNC(=O)c2cn(CCN)nn2)o1. The lowest BCUT2D eigenvalue weighted by atomic mass is 10.4. The van der Waals surface area contributed by atoms with Crippen LogP contribution in [0.2, 0.25) is 0 Å². The van der Waals surface area contributed by atoms with Gasteiger partial charge in [0.25, 0.3) is 5.91 Å². The van der Waals surface area contributed by atoms with E-state index in [-0.39, 0.29) is 18.1 Å². The number of aryl methyl sites for hydroxylation is 1. The second kappa shape index (κ2) is 5.41. The summed E-state index contributed by atoms with van der Waals surface area (Å²) in [5.74, 6) is 0.831. The van der Waals surface area contributed by atoms with E-state index < -0.39 is 0 Å². The van der Waals surface area contributed by atoms with Crippen LogP contribution < -0.4 is 11.1 Å². The van der Waals surface area contributed by atoms with Crippen molar-refractivity contribution in [1.82, 2.24) is 25.3 Å². The molecule has 0 saturated carbocycles. The van der Waals surface area contributed by atoms with E-state index in [2.05, 4.69) is 20.6 Å². The van der Waals surface area contributed by atoms with Crippen molar-refractivity contribution in [3.63, 3.8) is 0 Å². The predicted molar refractivity (Wildman–Crippen MR) is 61.5 cm³/mol. The van der Waals surface area contributed by atoms with Crippen molar-refractivity contribution in [2.45, 2.75) is 20.0 Å². The van der Waals surface area contributed by atoms with Gasteiger partial charge in [-0.25, -0.2) is 4.98 Å². The largest absolute Gasteiger partial charge is 0.444 e.